The summed E-state index contributed by atoms with van der Waals surface area (Å²) in [5.74, 6) is -1.05. The van der Waals surface area contributed by atoms with Crippen molar-refractivity contribution in [2.45, 2.75) is 25.8 Å². The monoisotopic (exact) mass is 341 g/mol. The molecule has 1 N–H and O–H groups in total. The smallest absolute Gasteiger partial charge is 0.311 e. The molecule has 2 fully saturated rings. The van der Waals surface area contributed by atoms with Crippen molar-refractivity contribution in [1.82, 2.24) is 14.7 Å². The second-order valence-electron chi connectivity index (χ2n) is 7.02. The molecule has 25 heavy (non-hydrogen) atoms. The van der Waals surface area contributed by atoms with Crippen molar-refractivity contribution < 1.29 is 14.7 Å². The Morgan fingerprint density at radius 2 is 2.12 bits per heavy atom. The van der Waals surface area contributed by atoms with Gasteiger partial charge in [0.1, 0.15) is 6.54 Å². The highest BCUT2D eigenvalue weighted by Gasteiger charge is 2.55. The number of carbonyl (C=O) groups is 2. The lowest BCUT2D eigenvalue weighted by Gasteiger charge is -2.23. The zero-order valence-corrected chi connectivity index (χ0v) is 13.7. The largest absolute Gasteiger partial charge is 0.481 e. The van der Waals surface area contributed by atoms with Crippen LogP contribution in [-0.4, -0.2) is 44.8 Å². The van der Waals surface area contributed by atoms with Crippen LogP contribution in [0, 0.1) is 11.3 Å². The van der Waals surface area contributed by atoms with Gasteiger partial charge in [-0.1, -0.05) is 24.6 Å². The number of carboxylic acids is 1. The third-order valence-corrected chi connectivity index (χ3v) is 5.70. The Morgan fingerprint density at radius 1 is 1.32 bits per heavy atom. The molecule has 4 rings (SSSR count). The first-order valence-electron chi connectivity index (χ1n) is 8.47. The summed E-state index contributed by atoms with van der Waals surface area (Å²) in [6, 6.07) is 7.11. The van der Waals surface area contributed by atoms with E-state index in [1.54, 1.807) is 29.3 Å². The number of carbonyl (C=O) groups excluding carboxylic acids is 1. The topological polar surface area (TPSA) is 92.5 Å². The molecular formula is C18H19N3O4. The molecule has 2 aromatic rings. The number of rotatable bonds is 3. The van der Waals surface area contributed by atoms with Gasteiger partial charge in [-0.05, 0) is 24.8 Å². The predicted octanol–water partition coefficient (Wildman–Crippen LogP) is 1.11. The van der Waals surface area contributed by atoms with E-state index in [1.165, 1.54) is 0 Å². The maximum atomic E-state index is 12.6. The molecule has 1 saturated heterocycles. The van der Waals surface area contributed by atoms with Crippen LogP contribution in [0.3, 0.4) is 0 Å². The highest BCUT2D eigenvalue weighted by Crippen LogP contribution is 2.48. The summed E-state index contributed by atoms with van der Waals surface area (Å²) in [5.41, 5.74) is -1.11. The van der Waals surface area contributed by atoms with Gasteiger partial charge in [0.25, 0.3) is 5.56 Å². The molecule has 0 spiro atoms. The van der Waals surface area contributed by atoms with Crippen molar-refractivity contribution in [1.29, 1.82) is 0 Å². The number of carboxylic acid groups (broad SMARTS) is 1. The maximum Gasteiger partial charge on any atom is 0.311 e. The van der Waals surface area contributed by atoms with E-state index in [-0.39, 0.29) is 30.5 Å². The van der Waals surface area contributed by atoms with Crippen LogP contribution in [0.15, 0.2) is 35.3 Å². The maximum absolute atomic E-state index is 12.6. The molecule has 2 heterocycles. The number of aromatic nitrogens is 2. The van der Waals surface area contributed by atoms with Gasteiger partial charge in [0.05, 0.1) is 17.0 Å². The average molecular weight is 341 g/mol. The molecule has 1 aliphatic carbocycles. The van der Waals surface area contributed by atoms with Crippen LogP contribution in [0.2, 0.25) is 0 Å². The third-order valence-electron chi connectivity index (χ3n) is 5.70. The van der Waals surface area contributed by atoms with E-state index in [0.29, 0.717) is 18.4 Å². The Morgan fingerprint density at radius 3 is 2.88 bits per heavy atom. The Hall–Kier alpha value is -2.70. The van der Waals surface area contributed by atoms with Crippen molar-refractivity contribution in [2.24, 2.45) is 11.3 Å². The van der Waals surface area contributed by atoms with Crippen LogP contribution in [0.4, 0.5) is 0 Å². The molecule has 2 atom stereocenters. The minimum Gasteiger partial charge on any atom is -0.481 e. The Kier molecular flexibility index (Phi) is 3.59. The number of aliphatic carboxylic acids is 1. The lowest BCUT2D eigenvalue weighted by atomic mass is 9.81. The highest BCUT2D eigenvalue weighted by atomic mass is 16.4. The number of likely N-dealkylation sites (tertiary alicyclic amines) is 1. The summed E-state index contributed by atoms with van der Waals surface area (Å²) in [4.78, 5) is 38.4. The lowest BCUT2D eigenvalue weighted by molar-refractivity contribution is -0.149. The van der Waals surface area contributed by atoms with Gasteiger partial charge in [0, 0.05) is 18.5 Å². The van der Waals surface area contributed by atoms with Crippen LogP contribution in [0.25, 0.3) is 10.8 Å². The quantitative estimate of drug-likeness (QED) is 0.903. The van der Waals surface area contributed by atoms with Crippen LogP contribution >= 0.6 is 0 Å². The number of benzene rings is 1. The zero-order valence-electron chi connectivity index (χ0n) is 13.7. The first-order chi connectivity index (χ1) is 12.0. The Balaban J connectivity index is 1.57. The zero-order chi connectivity index (χ0) is 17.6. The average Bonchev–Trinajstić information content (AvgIpc) is 3.16. The minimum absolute atomic E-state index is 0.00948. The van der Waals surface area contributed by atoms with Gasteiger partial charge in [-0.2, -0.15) is 5.10 Å². The van der Waals surface area contributed by atoms with Gasteiger partial charge in [0.2, 0.25) is 5.91 Å². The molecule has 130 valence electrons. The number of hydrogen-bond acceptors (Lipinski definition) is 4. The summed E-state index contributed by atoms with van der Waals surface area (Å²) in [6.07, 6.45) is 3.92. The number of nitrogens with zero attached hydrogens (tertiary/aromatic N) is 3. The van der Waals surface area contributed by atoms with E-state index in [0.717, 1.165) is 22.9 Å². The fourth-order valence-electron chi connectivity index (χ4n) is 4.30. The van der Waals surface area contributed by atoms with Gasteiger partial charge < -0.3 is 10.0 Å². The van der Waals surface area contributed by atoms with Gasteiger partial charge in [-0.3, -0.25) is 14.4 Å². The van der Waals surface area contributed by atoms with E-state index >= 15 is 0 Å². The first kappa shape index (κ1) is 15.8. The fourth-order valence-corrected chi connectivity index (χ4v) is 4.30. The summed E-state index contributed by atoms with van der Waals surface area (Å²) in [5, 5.41) is 15.0. The van der Waals surface area contributed by atoms with E-state index in [1.807, 2.05) is 6.07 Å². The van der Waals surface area contributed by atoms with Crippen molar-refractivity contribution in [3.8, 4) is 0 Å². The molecule has 0 bridgehead atoms. The SMILES string of the molecule is O=C(Cn1ncc2ccccc2c1=O)N1C[C@@H]2CCC[C@@]2(C(=O)O)C1. The summed E-state index contributed by atoms with van der Waals surface area (Å²) in [7, 11) is 0. The summed E-state index contributed by atoms with van der Waals surface area (Å²) >= 11 is 0. The summed E-state index contributed by atoms with van der Waals surface area (Å²) in [6.45, 7) is 0.522. The van der Waals surface area contributed by atoms with Crippen LogP contribution < -0.4 is 5.56 Å². The van der Waals surface area contributed by atoms with Gasteiger partial charge in [-0.15, -0.1) is 0 Å². The summed E-state index contributed by atoms with van der Waals surface area (Å²) < 4.78 is 1.16. The number of fused-ring (bicyclic) bond motifs is 2. The normalized spacial score (nSPS) is 25.3. The predicted molar refractivity (Wildman–Crippen MR) is 90.0 cm³/mol. The molecule has 7 nitrogen and oxygen atoms in total. The minimum atomic E-state index is -0.814. The lowest BCUT2D eigenvalue weighted by Crippen LogP contribution is -2.39. The highest BCUT2D eigenvalue weighted by molar-refractivity contribution is 5.82. The van der Waals surface area contributed by atoms with Gasteiger partial charge >= 0.3 is 5.97 Å². The van der Waals surface area contributed by atoms with Crippen molar-refractivity contribution in [3.63, 3.8) is 0 Å². The van der Waals surface area contributed by atoms with E-state index in [9.17, 15) is 19.5 Å². The molecule has 1 amide bonds. The Labute approximate surface area is 143 Å². The standard InChI is InChI=1S/C18H19N3O4/c22-15(20-9-13-5-3-7-18(13,11-20)17(24)25)10-21-16(23)14-6-2-1-4-12(14)8-19-21/h1-2,4,6,8,13H,3,5,7,9-11H2,(H,24,25)/t13-,18+/m0/s1. The second kappa shape index (κ2) is 5.68. The van der Waals surface area contributed by atoms with E-state index in [4.69, 9.17) is 0 Å². The van der Waals surface area contributed by atoms with E-state index in [2.05, 4.69) is 5.10 Å². The molecule has 0 unspecified atom stereocenters. The molecule has 1 aromatic carbocycles. The molecule has 7 heteroatoms. The van der Waals surface area contributed by atoms with Crippen molar-refractivity contribution in [3.05, 3.63) is 40.8 Å². The van der Waals surface area contributed by atoms with E-state index < -0.39 is 11.4 Å². The molecule has 0 radical (unpaired) electrons. The van der Waals surface area contributed by atoms with Crippen molar-refractivity contribution in [2.75, 3.05) is 13.1 Å². The molecule has 1 aliphatic heterocycles. The third kappa shape index (κ3) is 2.42. The molecule has 2 aliphatic rings. The van der Waals surface area contributed by atoms with Crippen LogP contribution in [0.5, 0.6) is 0 Å². The van der Waals surface area contributed by atoms with Gasteiger partial charge in [-0.25, -0.2) is 4.68 Å². The van der Waals surface area contributed by atoms with Crippen LogP contribution in [0.1, 0.15) is 19.3 Å². The van der Waals surface area contributed by atoms with Crippen LogP contribution in [-0.2, 0) is 16.1 Å². The number of amides is 1. The Bertz CT molecular complexity index is 922. The molecule has 1 saturated carbocycles. The fraction of sp³-hybridized carbons (Fsp3) is 0.444. The first-order valence-corrected chi connectivity index (χ1v) is 8.47. The van der Waals surface area contributed by atoms with Gasteiger partial charge in [0.15, 0.2) is 0 Å². The second-order valence-corrected chi connectivity index (χ2v) is 7.02. The molecular weight excluding hydrogens is 322 g/mol. The number of hydrogen-bond donors (Lipinski definition) is 1. The van der Waals surface area contributed by atoms with Crippen molar-refractivity contribution >= 4 is 22.6 Å². The molecule has 1 aromatic heterocycles.